The molecule has 10 heteroatoms. The van der Waals surface area contributed by atoms with Crippen LogP contribution in [0.25, 0.3) is 10.2 Å². The van der Waals surface area contributed by atoms with Crippen molar-refractivity contribution in [2.75, 3.05) is 23.7 Å². The fourth-order valence-electron chi connectivity index (χ4n) is 3.45. The first-order valence-electron chi connectivity index (χ1n) is 9.75. The van der Waals surface area contributed by atoms with Gasteiger partial charge in [-0.1, -0.05) is 17.4 Å². The van der Waals surface area contributed by atoms with Crippen LogP contribution >= 0.6 is 34.0 Å². The molecule has 7 nitrogen and oxygen atoms in total. The molecule has 0 spiro atoms. The lowest BCUT2D eigenvalue weighted by molar-refractivity contribution is -0.117. The molecule has 0 bridgehead atoms. The van der Waals surface area contributed by atoms with Crippen molar-refractivity contribution in [3.8, 4) is 0 Å². The second-order valence-corrected chi connectivity index (χ2v) is 10.2. The van der Waals surface area contributed by atoms with Crippen molar-refractivity contribution >= 4 is 66.3 Å². The molecular weight excluding hydrogens is 450 g/mol. The summed E-state index contributed by atoms with van der Waals surface area (Å²) < 4.78 is 1.07. The lowest BCUT2D eigenvalue weighted by atomic mass is 10.2. The van der Waals surface area contributed by atoms with E-state index in [-0.39, 0.29) is 11.8 Å². The summed E-state index contributed by atoms with van der Waals surface area (Å²) in [6, 6.07) is 7.86. The van der Waals surface area contributed by atoms with E-state index in [4.69, 9.17) is 0 Å². The number of amides is 2. The Bertz CT molecular complexity index is 1260. The van der Waals surface area contributed by atoms with E-state index in [1.165, 1.54) is 39.6 Å². The molecule has 0 aliphatic carbocycles. The number of carbonyl (C=O) groups excluding carboxylic acids is 2. The van der Waals surface area contributed by atoms with Crippen LogP contribution in [-0.4, -0.2) is 39.8 Å². The Morgan fingerprint density at radius 1 is 1.13 bits per heavy atom. The number of hydrogen-bond acceptors (Lipinski definition) is 8. The van der Waals surface area contributed by atoms with Gasteiger partial charge in [-0.25, -0.2) is 9.97 Å². The summed E-state index contributed by atoms with van der Waals surface area (Å²) in [7, 11) is 0. The van der Waals surface area contributed by atoms with E-state index >= 15 is 0 Å². The van der Waals surface area contributed by atoms with E-state index in [1.54, 1.807) is 6.07 Å². The Morgan fingerprint density at radius 3 is 2.84 bits per heavy atom. The second-order valence-electron chi connectivity index (χ2n) is 7.35. The number of aryl methyl sites for hydroxylation is 1. The van der Waals surface area contributed by atoms with Gasteiger partial charge in [0.05, 0.1) is 28.0 Å². The molecule has 5 rings (SSSR count). The van der Waals surface area contributed by atoms with Gasteiger partial charge in [0.1, 0.15) is 0 Å². The smallest absolute Gasteiger partial charge is 0.258 e. The monoisotopic (exact) mass is 469 g/mol. The van der Waals surface area contributed by atoms with Crippen LogP contribution in [0.3, 0.4) is 0 Å². The standard InChI is InChI=1S/C21H19N5O2S3/c1-12-2-3-14-16(8-12)30-20(22-14)24-18(27)10-26-6-4-15-17(9-26)31-21(23-15)25-19(28)13-5-7-29-11-13/h2-3,5,7-8,11H,4,6,9-10H2,1H3,(H,22,24,27)(H,23,25,28). The number of thiophene rings is 1. The average molecular weight is 470 g/mol. The predicted octanol–water partition coefficient (Wildman–Crippen LogP) is 4.37. The molecule has 3 aromatic heterocycles. The maximum absolute atomic E-state index is 12.6. The fourth-order valence-corrected chi connectivity index (χ4v) is 6.11. The average Bonchev–Trinajstić information content (AvgIpc) is 3.46. The highest BCUT2D eigenvalue weighted by atomic mass is 32.1. The van der Waals surface area contributed by atoms with Gasteiger partial charge in [-0.05, 0) is 36.1 Å². The van der Waals surface area contributed by atoms with E-state index in [0.717, 1.165) is 33.8 Å². The molecule has 1 aromatic carbocycles. The molecule has 31 heavy (non-hydrogen) atoms. The van der Waals surface area contributed by atoms with Gasteiger partial charge < -0.3 is 5.32 Å². The van der Waals surface area contributed by atoms with Gasteiger partial charge in [0.15, 0.2) is 10.3 Å². The maximum atomic E-state index is 12.6. The van der Waals surface area contributed by atoms with E-state index < -0.39 is 0 Å². The van der Waals surface area contributed by atoms with E-state index in [2.05, 4.69) is 31.6 Å². The highest BCUT2D eigenvalue weighted by Crippen LogP contribution is 2.29. The van der Waals surface area contributed by atoms with Crippen molar-refractivity contribution in [2.45, 2.75) is 19.9 Å². The van der Waals surface area contributed by atoms with Gasteiger partial charge in [0, 0.05) is 29.8 Å². The molecule has 158 valence electrons. The van der Waals surface area contributed by atoms with Gasteiger partial charge in [-0.15, -0.1) is 11.3 Å². The van der Waals surface area contributed by atoms with Gasteiger partial charge in [0.2, 0.25) is 5.91 Å². The fraction of sp³-hybridized carbons (Fsp3) is 0.238. The summed E-state index contributed by atoms with van der Waals surface area (Å²) >= 11 is 4.45. The molecule has 0 saturated heterocycles. The van der Waals surface area contributed by atoms with Crippen LogP contribution in [0.4, 0.5) is 10.3 Å². The molecule has 0 unspecified atom stereocenters. The normalized spacial score (nSPS) is 13.8. The first-order chi connectivity index (χ1) is 15.0. The van der Waals surface area contributed by atoms with Crippen LogP contribution in [0.5, 0.6) is 0 Å². The number of fused-ring (bicyclic) bond motifs is 2. The Kier molecular flexibility index (Phi) is 5.53. The number of anilines is 2. The summed E-state index contributed by atoms with van der Waals surface area (Å²) in [5.41, 5.74) is 3.72. The number of nitrogens with zero attached hydrogens (tertiary/aromatic N) is 3. The lowest BCUT2D eigenvalue weighted by Crippen LogP contribution is -2.36. The first kappa shape index (κ1) is 20.3. The quantitative estimate of drug-likeness (QED) is 0.453. The SMILES string of the molecule is Cc1ccc2nc(NC(=O)CN3CCc4nc(NC(=O)c5ccsc5)sc4C3)sc2c1. The number of hydrogen-bond donors (Lipinski definition) is 2. The third kappa shape index (κ3) is 4.52. The predicted molar refractivity (Wildman–Crippen MR) is 126 cm³/mol. The van der Waals surface area contributed by atoms with Crippen molar-refractivity contribution in [3.63, 3.8) is 0 Å². The minimum absolute atomic E-state index is 0.0743. The molecule has 2 amide bonds. The number of aromatic nitrogens is 2. The Labute approximate surface area is 190 Å². The first-order valence-corrected chi connectivity index (χ1v) is 12.3. The summed E-state index contributed by atoms with van der Waals surface area (Å²) in [4.78, 5) is 37.1. The van der Waals surface area contributed by atoms with Crippen LogP contribution in [0.1, 0.15) is 26.5 Å². The lowest BCUT2D eigenvalue weighted by Gasteiger charge is -2.24. The second kappa shape index (κ2) is 8.46. The number of rotatable bonds is 5. The zero-order valence-corrected chi connectivity index (χ0v) is 19.1. The van der Waals surface area contributed by atoms with Crippen molar-refractivity contribution < 1.29 is 9.59 Å². The summed E-state index contributed by atoms with van der Waals surface area (Å²) in [6.07, 6.45) is 0.758. The number of carbonyl (C=O) groups is 2. The van der Waals surface area contributed by atoms with Crippen LogP contribution in [0, 0.1) is 6.92 Å². The van der Waals surface area contributed by atoms with Gasteiger partial charge in [-0.2, -0.15) is 11.3 Å². The third-order valence-corrected chi connectivity index (χ3v) is 7.59. The molecule has 2 N–H and O–H groups in total. The molecule has 4 heterocycles. The summed E-state index contributed by atoms with van der Waals surface area (Å²) in [6.45, 7) is 3.73. The molecular formula is C21H19N5O2S3. The van der Waals surface area contributed by atoms with Crippen molar-refractivity contribution in [1.29, 1.82) is 0 Å². The number of thiazole rings is 2. The number of nitrogens with one attached hydrogen (secondary N) is 2. The summed E-state index contributed by atoms with van der Waals surface area (Å²) in [5.74, 6) is -0.218. The minimum atomic E-state index is -0.144. The minimum Gasteiger partial charge on any atom is -0.301 e. The molecule has 0 saturated carbocycles. The Balaban J connectivity index is 1.19. The van der Waals surface area contributed by atoms with E-state index in [9.17, 15) is 9.59 Å². The van der Waals surface area contributed by atoms with Gasteiger partial charge in [0.25, 0.3) is 5.91 Å². The Morgan fingerprint density at radius 2 is 2.00 bits per heavy atom. The van der Waals surface area contributed by atoms with Crippen molar-refractivity contribution in [3.05, 3.63) is 56.7 Å². The van der Waals surface area contributed by atoms with Crippen LogP contribution in [0.15, 0.2) is 35.0 Å². The van der Waals surface area contributed by atoms with Gasteiger partial charge in [-0.3, -0.25) is 19.8 Å². The zero-order chi connectivity index (χ0) is 21.4. The van der Waals surface area contributed by atoms with Crippen LogP contribution < -0.4 is 10.6 Å². The molecule has 4 aromatic rings. The van der Waals surface area contributed by atoms with Crippen molar-refractivity contribution in [1.82, 2.24) is 14.9 Å². The van der Waals surface area contributed by atoms with E-state index in [1.807, 2.05) is 29.8 Å². The largest absolute Gasteiger partial charge is 0.301 e. The molecule has 1 aliphatic rings. The van der Waals surface area contributed by atoms with Crippen LogP contribution in [0.2, 0.25) is 0 Å². The Hall–Kier alpha value is -2.66. The summed E-state index contributed by atoms with van der Waals surface area (Å²) in [5, 5.41) is 10.7. The molecule has 0 atom stereocenters. The van der Waals surface area contributed by atoms with Gasteiger partial charge >= 0.3 is 0 Å². The molecule has 1 aliphatic heterocycles. The van der Waals surface area contributed by atoms with Crippen molar-refractivity contribution in [2.24, 2.45) is 0 Å². The highest BCUT2D eigenvalue weighted by Gasteiger charge is 2.23. The maximum Gasteiger partial charge on any atom is 0.258 e. The van der Waals surface area contributed by atoms with Crippen LogP contribution in [-0.2, 0) is 17.8 Å². The zero-order valence-electron chi connectivity index (χ0n) is 16.7. The van der Waals surface area contributed by atoms with E-state index in [0.29, 0.717) is 28.9 Å². The number of benzene rings is 1. The third-order valence-electron chi connectivity index (χ3n) is 4.97. The topological polar surface area (TPSA) is 87.2 Å². The highest BCUT2D eigenvalue weighted by molar-refractivity contribution is 7.22. The molecule has 0 fully saturated rings. The molecule has 0 radical (unpaired) electrons.